The van der Waals surface area contributed by atoms with E-state index in [1.807, 2.05) is 40.0 Å². The lowest BCUT2D eigenvalue weighted by molar-refractivity contribution is 0.228. The van der Waals surface area contributed by atoms with Gasteiger partial charge >= 0.3 is 0 Å². The van der Waals surface area contributed by atoms with Gasteiger partial charge in [0.1, 0.15) is 5.82 Å². The minimum Gasteiger partial charge on any atom is -0.299 e. The number of benzene rings is 1. The van der Waals surface area contributed by atoms with Crippen LogP contribution in [-0.2, 0) is 0 Å². The largest absolute Gasteiger partial charge is 0.299 e. The monoisotopic (exact) mass is 248 g/mol. The Balaban J connectivity index is 2.66. The molecular formula is C15H21FN2. The Hall–Kier alpha value is -1.40. The van der Waals surface area contributed by atoms with Crippen LogP contribution < -0.4 is 0 Å². The molecule has 18 heavy (non-hydrogen) atoms. The number of nitriles is 1. The fourth-order valence-electron chi connectivity index (χ4n) is 1.76. The third kappa shape index (κ3) is 3.82. The molecule has 0 aliphatic heterocycles. The zero-order chi connectivity index (χ0) is 13.8. The van der Waals surface area contributed by atoms with Gasteiger partial charge in [0, 0.05) is 11.6 Å². The van der Waals surface area contributed by atoms with Crippen molar-refractivity contribution in [2.45, 2.75) is 33.2 Å². The molecule has 1 aromatic carbocycles. The number of hydrogen-bond acceptors (Lipinski definition) is 2. The van der Waals surface area contributed by atoms with Crippen molar-refractivity contribution in [2.24, 2.45) is 5.41 Å². The van der Waals surface area contributed by atoms with Gasteiger partial charge in [-0.1, -0.05) is 18.2 Å². The molecule has 0 aromatic heterocycles. The Labute approximate surface area is 109 Å². The number of hydrogen-bond donors (Lipinski definition) is 0. The molecule has 0 aliphatic rings. The number of rotatable bonds is 5. The van der Waals surface area contributed by atoms with Crippen LogP contribution in [0.25, 0.3) is 0 Å². The van der Waals surface area contributed by atoms with Gasteiger partial charge in [0.2, 0.25) is 0 Å². The number of halogens is 1. The average molecular weight is 248 g/mol. The van der Waals surface area contributed by atoms with Crippen LogP contribution in [0.4, 0.5) is 4.39 Å². The lowest BCUT2D eigenvalue weighted by atomic mass is 9.91. The molecule has 0 saturated heterocycles. The summed E-state index contributed by atoms with van der Waals surface area (Å²) < 4.78 is 13.7. The lowest BCUT2D eigenvalue weighted by Crippen LogP contribution is -2.27. The van der Waals surface area contributed by atoms with Crippen molar-refractivity contribution in [3.63, 3.8) is 0 Å². The first kappa shape index (κ1) is 14.7. The molecule has 0 spiro atoms. The highest BCUT2D eigenvalue weighted by atomic mass is 19.1. The van der Waals surface area contributed by atoms with E-state index in [0.29, 0.717) is 5.56 Å². The molecule has 0 N–H and O–H groups in total. The van der Waals surface area contributed by atoms with E-state index in [9.17, 15) is 4.39 Å². The molecular weight excluding hydrogens is 227 g/mol. The van der Waals surface area contributed by atoms with E-state index >= 15 is 0 Å². The Kier molecular flexibility index (Phi) is 4.86. The molecule has 2 nitrogen and oxygen atoms in total. The van der Waals surface area contributed by atoms with Crippen LogP contribution in [0, 0.1) is 22.6 Å². The fourth-order valence-corrected chi connectivity index (χ4v) is 1.76. The first-order valence-corrected chi connectivity index (χ1v) is 6.23. The van der Waals surface area contributed by atoms with Gasteiger partial charge in [-0.25, -0.2) is 4.39 Å². The van der Waals surface area contributed by atoms with Crippen molar-refractivity contribution in [3.05, 3.63) is 35.6 Å². The lowest BCUT2D eigenvalue weighted by Gasteiger charge is -2.27. The van der Waals surface area contributed by atoms with Gasteiger partial charge in [0.15, 0.2) is 0 Å². The Morgan fingerprint density at radius 1 is 1.39 bits per heavy atom. The molecule has 1 atom stereocenters. The fraction of sp³-hybridized carbons (Fsp3) is 0.533. The Morgan fingerprint density at radius 3 is 2.56 bits per heavy atom. The van der Waals surface area contributed by atoms with Gasteiger partial charge in [0.25, 0.3) is 0 Å². The summed E-state index contributed by atoms with van der Waals surface area (Å²) >= 11 is 0. The van der Waals surface area contributed by atoms with Crippen molar-refractivity contribution < 1.29 is 4.39 Å². The van der Waals surface area contributed by atoms with Gasteiger partial charge in [-0.05, 0) is 46.9 Å². The van der Waals surface area contributed by atoms with E-state index in [-0.39, 0.29) is 17.3 Å². The van der Waals surface area contributed by atoms with E-state index in [1.54, 1.807) is 6.07 Å². The molecule has 0 bridgehead atoms. The summed E-state index contributed by atoms with van der Waals surface area (Å²) in [6, 6.07) is 9.14. The molecule has 0 amide bonds. The maximum absolute atomic E-state index is 13.7. The van der Waals surface area contributed by atoms with Crippen LogP contribution in [0.2, 0.25) is 0 Å². The first-order valence-electron chi connectivity index (χ1n) is 6.23. The molecule has 0 saturated carbocycles. The number of nitrogens with zero attached hydrogens (tertiary/aromatic N) is 2. The van der Waals surface area contributed by atoms with E-state index in [0.717, 1.165) is 13.0 Å². The highest BCUT2D eigenvalue weighted by molar-refractivity contribution is 5.20. The zero-order valence-electron chi connectivity index (χ0n) is 11.6. The van der Waals surface area contributed by atoms with Gasteiger partial charge in [-0.3, -0.25) is 4.90 Å². The summed E-state index contributed by atoms with van der Waals surface area (Å²) in [6.45, 7) is 6.61. The normalized spacial score (nSPS) is 13.4. The Bertz CT molecular complexity index is 434. The smallest absolute Gasteiger partial charge is 0.127 e. The standard InChI is InChI=1S/C15H21FN2/c1-12(13-7-5-6-8-14(13)16)18(4)10-9-15(2,3)11-17/h5-8,12H,9-10H2,1-4H3. The maximum Gasteiger partial charge on any atom is 0.127 e. The second-order valence-corrected chi connectivity index (χ2v) is 5.42. The van der Waals surface area contributed by atoms with Crippen LogP contribution in [-0.4, -0.2) is 18.5 Å². The quantitative estimate of drug-likeness (QED) is 0.793. The summed E-state index contributed by atoms with van der Waals surface area (Å²) in [7, 11) is 1.96. The van der Waals surface area contributed by atoms with Crippen LogP contribution in [0.15, 0.2) is 24.3 Å². The molecule has 1 unspecified atom stereocenters. The third-order valence-electron chi connectivity index (χ3n) is 3.41. The molecule has 3 heteroatoms. The average Bonchev–Trinajstić information content (AvgIpc) is 2.36. The predicted octanol–water partition coefficient (Wildman–Crippen LogP) is 3.76. The Morgan fingerprint density at radius 2 is 2.00 bits per heavy atom. The minimum atomic E-state index is -0.330. The highest BCUT2D eigenvalue weighted by Gasteiger charge is 2.20. The van der Waals surface area contributed by atoms with Crippen molar-refractivity contribution in [3.8, 4) is 6.07 Å². The summed E-state index contributed by atoms with van der Waals surface area (Å²) in [6.07, 6.45) is 0.777. The van der Waals surface area contributed by atoms with Crippen LogP contribution >= 0.6 is 0 Å². The molecule has 0 aliphatic carbocycles. The molecule has 0 heterocycles. The van der Waals surface area contributed by atoms with Crippen LogP contribution in [0.3, 0.4) is 0 Å². The topological polar surface area (TPSA) is 27.0 Å². The van der Waals surface area contributed by atoms with Crippen molar-refractivity contribution in [1.29, 1.82) is 5.26 Å². The molecule has 1 aromatic rings. The van der Waals surface area contributed by atoms with Crippen LogP contribution in [0.5, 0.6) is 0 Å². The summed E-state index contributed by atoms with van der Waals surface area (Å²) in [5, 5.41) is 8.98. The third-order valence-corrected chi connectivity index (χ3v) is 3.41. The molecule has 98 valence electrons. The summed E-state index contributed by atoms with van der Waals surface area (Å²) in [5.74, 6) is -0.170. The first-order chi connectivity index (χ1) is 8.37. The zero-order valence-corrected chi connectivity index (χ0v) is 11.6. The van der Waals surface area contributed by atoms with Gasteiger partial charge in [-0.2, -0.15) is 5.26 Å². The van der Waals surface area contributed by atoms with Crippen molar-refractivity contribution >= 4 is 0 Å². The summed E-state index contributed by atoms with van der Waals surface area (Å²) in [4.78, 5) is 2.08. The van der Waals surface area contributed by atoms with E-state index in [1.165, 1.54) is 6.07 Å². The molecule has 1 rings (SSSR count). The minimum absolute atomic E-state index is 0.0145. The van der Waals surface area contributed by atoms with Gasteiger partial charge in [-0.15, -0.1) is 0 Å². The molecule has 0 fully saturated rings. The van der Waals surface area contributed by atoms with Gasteiger partial charge < -0.3 is 0 Å². The van der Waals surface area contributed by atoms with Crippen LogP contribution in [0.1, 0.15) is 38.8 Å². The maximum atomic E-state index is 13.7. The van der Waals surface area contributed by atoms with Gasteiger partial charge in [0.05, 0.1) is 11.5 Å². The second kappa shape index (κ2) is 5.97. The van der Waals surface area contributed by atoms with Crippen molar-refractivity contribution in [1.82, 2.24) is 4.90 Å². The highest BCUT2D eigenvalue weighted by Crippen LogP contribution is 2.24. The van der Waals surface area contributed by atoms with E-state index in [4.69, 9.17) is 5.26 Å². The SMILES string of the molecule is CC(c1ccccc1F)N(C)CCC(C)(C)C#N. The van der Waals surface area contributed by atoms with Crippen molar-refractivity contribution in [2.75, 3.05) is 13.6 Å². The predicted molar refractivity (Wildman–Crippen MR) is 71.5 cm³/mol. The second-order valence-electron chi connectivity index (χ2n) is 5.42. The van der Waals surface area contributed by atoms with E-state index < -0.39 is 0 Å². The summed E-state index contributed by atoms with van der Waals surface area (Å²) in [5.41, 5.74) is 0.373. The van der Waals surface area contributed by atoms with E-state index in [2.05, 4.69) is 11.0 Å². The molecule has 0 radical (unpaired) electrons.